The van der Waals surface area contributed by atoms with Crippen molar-refractivity contribution in [3.05, 3.63) is 59.7 Å². The van der Waals surface area contributed by atoms with E-state index >= 15 is 0 Å². The van der Waals surface area contributed by atoms with Gasteiger partial charge in [-0.1, -0.05) is 43.7 Å². The first kappa shape index (κ1) is 25.5. The van der Waals surface area contributed by atoms with Crippen LogP contribution in [0.3, 0.4) is 0 Å². The largest absolute Gasteiger partial charge is 0.372 e. The van der Waals surface area contributed by atoms with Gasteiger partial charge in [0.1, 0.15) is 6.04 Å². The number of carbonyl (C=O) groups excluding carboxylic acids is 1. The van der Waals surface area contributed by atoms with Crippen LogP contribution in [0.1, 0.15) is 45.2 Å². The molecule has 8 heteroatoms. The summed E-state index contributed by atoms with van der Waals surface area (Å²) in [6.07, 6.45) is 1.90. The summed E-state index contributed by atoms with van der Waals surface area (Å²) in [5, 5.41) is 4.03. The average Bonchev–Trinajstić information content (AvgIpc) is 2.75. The first-order chi connectivity index (χ1) is 15.2. The lowest BCUT2D eigenvalue weighted by molar-refractivity contribution is -0.123. The number of hydrogen-bond acceptors (Lipinski definition) is 5. The zero-order valence-electron chi connectivity index (χ0n) is 19.5. The summed E-state index contributed by atoms with van der Waals surface area (Å²) in [6.45, 7) is 11.8. The maximum absolute atomic E-state index is 12.7. The minimum atomic E-state index is -3.83. The second kappa shape index (κ2) is 11.8. The van der Waals surface area contributed by atoms with Crippen LogP contribution in [0.25, 0.3) is 0 Å². The number of rotatable bonds is 11. The molecule has 1 amide bonds. The Morgan fingerprint density at radius 1 is 1.03 bits per heavy atom. The molecule has 2 rings (SSSR count). The Kier molecular flexibility index (Phi) is 9.41. The molecule has 0 aliphatic rings. The van der Waals surface area contributed by atoms with Crippen molar-refractivity contribution in [2.75, 3.05) is 18.0 Å². The highest BCUT2D eigenvalue weighted by Crippen LogP contribution is 2.15. The Labute approximate surface area is 192 Å². The molecule has 0 fully saturated rings. The fourth-order valence-corrected chi connectivity index (χ4v) is 4.47. The number of nitrogens with one attached hydrogen (secondary N) is 2. The molecule has 0 unspecified atom stereocenters. The van der Waals surface area contributed by atoms with Crippen LogP contribution in [0.4, 0.5) is 5.69 Å². The topological polar surface area (TPSA) is 90.9 Å². The Hall–Kier alpha value is -2.71. The molecule has 1 atom stereocenters. The van der Waals surface area contributed by atoms with Crippen LogP contribution in [0.2, 0.25) is 0 Å². The van der Waals surface area contributed by atoms with Crippen LogP contribution in [0.15, 0.2) is 58.5 Å². The fraction of sp³-hybridized carbons (Fsp3) is 0.417. The second-order valence-corrected chi connectivity index (χ2v) is 9.83. The van der Waals surface area contributed by atoms with E-state index in [2.05, 4.69) is 34.0 Å². The van der Waals surface area contributed by atoms with Gasteiger partial charge in [-0.15, -0.1) is 0 Å². The van der Waals surface area contributed by atoms with Crippen molar-refractivity contribution in [2.45, 2.75) is 52.0 Å². The lowest BCUT2D eigenvalue weighted by Gasteiger charge is -2.20. The predicted molar refractivity (Wildman–Crippen MR) is 130 cm³/mol. The van der Waals surface area contributed by atoms with Crippen molar-refractivity contribution in [2.24, 2.45) is 11.0 Å². The van der Waals surface area contributed by atoms with E-state index in [-0.39, 0.29) is 10.8 Å². The first-order valence-corrected chi connectivity index (χ1v) is 12.4. The van der Waals surface area contributed by atoms with E-state index in [0.717, 1.165) is 29.9 Å². The van der Waals surface area contributed by atoms with Crippen LogP contribution in [0, 0.1) is 12.8 Å². The van der Waals surface area contributed by atoms with Gasteiger partial charge < -0.3 is 4.90 Å². The van der Waals surface area contributed by atoms with Crippen molar-refractivity contribution in [3.8, 4) is 0 Å². The van der Waals surface area contributed by atoms with Gasteiger partial charge in [0, 0.05) is 18.8 Å². The van der Waals surface area contributed by atoms with Gasteiger partial charge in [0.05, 0.1) is 11.1 Å². The standard InChI is InChI=1S/C24H34N4O3S/c1-6-28(7-2)21-12-10-20(11-13-21)17-25-26-24(29)23(16-18(3)4)27-32(30,31)22-14-8-19(5)9-15-22/h8-15,17-18,23,27H,6-7,16H2,1-5H3,(H,26,29)/b25-17-/t23-/m0/s1. The number of amides is 1. The molecule has 2 aromatic rings. The Bertz CT molecular complexity index is 997. The first-order valence-electron chi connectivity index (χ1n) is 10.9. The molecule has 2 N–H and O–H groups in total. The molecule has 0 bridgehead atoms. The van der Waals surface area contributed by atoms with Crippen molar-refractivity contribution in [1.29, 1.82) is 0 Å². The van der Waals surface area contributed by atoms with Crippen molar-refractivity contribution in [3.63, 3.8) is 0 Å². The van der Waals surface area contributed by atoms with Gasteiger partial charge in [-0.3, -0.25) is 4.79 Å². The number of benzene rings is 2. The zero-order valence-corrected chi connectivity index (χ0v) is 20.3. The minimum absolute atomic E-state index is 0.114. The summed E-state index contributed by atoms with van der Waals surface area (Å²) in [5.74, 6) is -0.381. The second-order valence-electron chi connectivity index (χ2n) is 8.11. The summed E-state index contributed by atoms with van der Waals surface area (Å²) in [7, 11) is -3.83. The minimum Gasteiger partial charge on any atom is -0.372 e. The summed E-state index contributed by atoms with van der Waals surface area (Å²) >= 11 is 0. The lowest BCUT2D eigenvalue weighted by Crippen LogP contribution is -2.46. The molecule has 0 heterocycles. The summed E-state index contributed by atoms with van der Waals surface area (Å²) in [4.78, 5) is 15.1. The van der Waals surface area contributed by atoms with Crippen LogP contribution in [-0.4, -0.2) is 39.7 Å². The SMILES string of the molecule is CCN(CC)c1ccc(/C=N\NC(=O)[C@H](CC(C)C)NS(=O)(=O)c2ccc(C)cc2)cc1. The smallest absolute Gasteiger partial charge is 0.258 e. The number of aryl methyl sites for hydroxylation is 1. The highest BCUT2D eigenvalue weighted by molar-refractivity contribution is 7.89. The molecule has 174 valence electrons. The molecule has 0 aromatic heterocycles. The van der Waals surface area contributed by atoms with Crippen LogP contribution in [-0.2, 0) is 14.8 Å². The average molecular weight is 459 g/mol. The van der Waals surface area contributed by atoms with E-state index < -0.39 is 22.0 Å². The van der Waals surface area contributed by atoms with Gasteiger partial charge in [-0.05, 0) is 62.9 Å². The van der Waals surface area contributed by atoms with Gasteiger partial charge in [-0.2, -0.15) is 9.82 Å². The predicted octanol–water partition coefficient (Wildman–Crippen LogP) is 3.68. The Morgan fingerprint density at radius 2 is 1.62 bits per heavy atom. The van der Waals surface area contributed by atoms with Crippen LogP contribution < -0.4 is 15.0 Å². The third kappa shape index (κ3) is 7.46. The van der Waals surface area contributed by atoms with Crippen molar-refractivity contribution >= 4 is 27.8 Å². The van der Waals surface area contributed by atoms with E-state index in [1.165, 1.54) is 12.1 Å². The van der Waals surface area contributed by atoms with E-state index in [9.17, 15) is 13.2 Å². The molecule has 2 aromatic carbocycles. The molecule has 0 spiro atoms. The molecule has 0 aliphatic heterocycles. The Morgan fingerprint density at radius 3 is 2.16 bits per heavy atom. The van der Waals surface area contributed by atoms with Gasteiger partial charge in [0.2, 0.25) is 10.0 Å². The molecular formula is C24H34N4O3S. The van der Waals surface area contributed by atoms with Gasteiger partial charge in [-0.25, -0.2) is 13.8 Å². The monoisotopic (exact) mass is 458 g/mol. The van der Waals surface area contributed by atoms with E-state index in [1.807, 2.05) is 45.0 Å². The molecular weight excluding hydrogens is 424 g/mol. The van der Waals surface area contributed by atoms with Gasteiger partial charge in [0.15, 0.2) is 0 Å². The van der Waals surface area contributed by atoms with E-state index in [1.54, 1.807) is 18.3 Å². The third-order valence-electron chi connectivity index (χ3n) is 5.06. The van der Waals surface area contributed by atoms with Crippen molar-refractivity contribution < 1.29 is 13.2 Å². The maximum Gasteiger partial charge on any atom is 0.258 e. The zero-order chi connectivity index (χ0) is 23.7. The normalized spacial score (nSPS) is 12.8. The number of nitrogens with zero attached hydrogens (tertiary/aromatic N) is 2. The highest BCUT2D eigenvalue weighted by atomic mass is 32.2. The Balaban J connectivity index is 2.07. The van der Waals surface area contributed by atoms with Crippen molar-refractivity contribution in [1.82, 2.24) is 10.1 Å². The van der Waals surface area contributed by atoms with E-state index in [4.69, 9.17) is 0 Å². The van der Waals surface area contributed by atoms with Crippen LogP contribution >= 0.6 is 0 Å². The third-order valence-corrected chi connectivity index (χ3v) is 6.55. The number of hydrazone groups is 1. The summed E-state index contributed by atoms with van der Waals surface area (Å²) in [5.41, 5.74) is 5.39. The van der Waals surface area contributed by atoms with Gasteiger partial charge in [0.25, 0.3) is 5.91 Å². The number of sulfonamides is 1. The molecule has 0 saturated heterocycles. The molecule has 0 saturated carbocycles. The summed E-state index contributed by atoms with van der Waals surface area (Å²) in [6, 6.07) is 13.4. The lowest BCUT2D eigenvalue weighted by atomic mass is 10.0. The van der Waals surface area contributed by atoms with Crippen LogP contribution in [0.5, 0.6) is 0 Å². The molecule has 0 aliphatic carbocycles. The number of anilines is 1. The summed E-state index contributed by atoms with van der Waals surface area (Å²) < 4.78 is 28.0. The number of hydrogen-bond donors (Lipinski definition) is 2. The molecule has 32 heavy (non-hydrogen) atoms. The van der Waals surface area contributed by atoms with Gasteiger partial charge >= 0.3 is 0 Å². The molecule has 0 radical (unpaired) electrons. The highest BCUT2D eigenvalue weighted by Gasteiger charge is 2.26. The fourth-order valence-electron chi connectivity index (χ4n) is 3.26. The molecule has 7 nitrogen and oxygen atoms in total. The van der Waals surface area contributed by atoms with E-state index in [0.29, 0.717) is 6.42 Å². The maximum atomic E-state index is 12.7. The number of carbonyl (C=O) groups is 1. The quantitative estimate of drug-likeness (QED) is 0.397.